The van der Waals surface area contributed by atoms with Crippen molar-refractivity contribution in [3.05, 3.63) is 69.3 Å². The molecule has 0 bridgehead atoms. The first-order valence-electron chi connectivity index (χ1n) is 7.49. The number of pyridine rings is 1. The molecule has 0 spiro atoms. The zero-order valence-electron chi connectivity index (χ0n) is 13.6. The Morgan fingerprint density at radius 1 is 1.17 bits per heavy atom. The van der Waals surface area contributed by atoms with Gasteiger partial charge in [-0.05, 0) is 44.0 Å². The fourth-order valence-electron chi connectivity index (χ4n) is 2.46. The van der Waals surface area contributed by atoms with Crippen molar-refractivity contribution in [1.29, 1.82) is 0 Å². The second-order valence-corrected chi connectivity index (χ2v) is 6.72. The van der Waals surface area contributed by atoms with Gasteiger partial charge in [0.15, 0.2) is 5.13 Å². The summed E-state index contributed by atoms with van der Waals surface area (Å²) in [6.07, 6.45) is 1.73. The number of nitrogens with one attached hydrogen (secondary N) is 2. The first-order chi connectivity index (χ1) is 11.4. The molecule has 0 aliphatic rings. The van der Waals surface area contributed by atoms with E-state index >= 15 is 0 Å². The molecule has 24 heavy (non-hydrogen) atoms. The number of carbonyl (C=O) groups is 1. The Morgan fingerprint density at radius 3 is 2.67 bits per heavy atom. The maximum Gasteiger partial charge on any atom is 0.263 e. The molecular weight excluding hydrogens is 322 g/mol. The minimum atomic E-state index is -0.460. The molecule has 6 heteroatoms. The number of aryl methyl sites for hydroxylation is 3. The molecule has 5 nitrogen and oxygen atoms in total. The van der Waals surface area contributed by atoms with Crippen LogP contribution in [0.1, 0.15) is 27.2 Å². The number of rotatable bonds is 3. The van der Waals surface area contributed by atoms with Crippen LogP contribution in [-0.4, -0.2) is 15.9 Å². The van der Waals surface area contributed by atoms with Gasteiger partial charge in [-0.15, -0.1) is 0 Å². The summed E-state index contributed by atoms with van der Waals surface area (Å²) in [6, 6.07) is 9.42. The standard InChI is InChI=1S/C18H17N3O2S/c1-10-4-6-13(11(2)8-10)15-9-19-18(24-15)21-17(23)14-7-5-12(3)20-16(14)22/h4-9H,1-3H3,(H,20,22)(H,19,21,23). The van der Waals surface area contributed by atoms with Gasteiger partial charge in [0.2, 0.25) is 0 Å². The molecule has 0 saturated carbocycles. The lowest BCUT2D eigenvalue weighted by molar-refractivity contribution is 0.102. The van der Waals surface area contributed by atoms with Crippen molar-refractivity contribution in [2.75, 3.05) is 5.32 Å². The highest BCUT2D eigenvalue weighted by Crippen LogP contribution is 2.31. The number of H-pyrrole nitrogens is 1. The van der Waals surface area contributed by atoms with Crippen molar-refractivity contribution >= 4 is 22.4 Å². The van der Waals surface area contributed by atoms with E-state index in [0.29, 0.717) is 10.8 Å². The minimum Gasteiger partial charge on any atom is -0.326 e. The molecule has 122 valence electrons. The summed E-state index contributed by atoms with van der Waals surface area (Å²) >= 11 is 1.38. The van der Waals surface area contributed by atoms with Gasteiger partial charge in [0.1, 0.15) is 5.56 Å². The first-order valence-corrected chi connectivity index (χ1v) is 8.30. The molecule has 2 heterocycles. The SMILES string of the molecule is Cc1ccc(-c2cnc(NC(=O)c3ccc(C)[nH]c3=O)s2)c(C)c1. The summed E-state index contributed by atoms with van der Waals surface area (Å²) in [7, 11) is 0. The van der Waals surface area contributed by atoms with E-state index in [9.17, 15) is 9.59 Å². The van der Waals surface area contributed by atoms with Gasteiger partial charge in [-0.3, -0.25) is 14.9 Å². The molecule has 0 fully saturated rings. The fourth-order valence-corrected chi connectivity index (χ4v) is 3.36. The number of amides is 1. The predicted octanol–water partition coefficient (Wildman–Crippen LogP) is 3.68. The Morgan fingerprint density at radius 2 is 1.96 bits per heavy atom. The average Bonchev–Trinajstić information content (AvgIpc) is 2.95. The molecule has 0 aliphatic heterocycles. The van der Waals surface area contributed by atoms with E-state index in [1.54, 1.807) is 19.2 Å². The summed E-state index contributed by atoms with van der Waals surface area (Å²) in [4.78, 5) is 31.9. The number of anilines is 1. The lowest BCUT2D eigenvalue weighted by Gasteiger charge is -2.03. The molecule has 0 unspecified atom stereocenters. The van der Waals surface area contributed by atoms with Crippen LogP contribution in [0.4, 0.5) is 5.13 Å². The normalized spacial score (nSPS) is 10.6. The number of aromatic nitrogens is 2. The molecule has 0 aliphatic carbocycles. The van der Waals surface area contributed by atoms with Gasteiger partial charge in [-0.1, -0.05) is 35.1 Å². The zero-order valence-corrected chi connectivity index (χ0v) is 14.5. The van der Waals surface area contributed by atoms with Crippen LogP contribution < -0.4 is 10.9 Å². The van der Waals surface area contributed by atoms with Crippen molar-refractivity contribution in [3.63, 3.8) is 0 Å². The third-order valence-electron chi connectivity index (χ3n) is 3.67. The lowest BCUT2D eigenvalue weighted by Crippen LogP contribution is -2.23. The van der Waals surface area contributed by atoms with Crippen LogP contribution in [0.25, 0.3) is 10.4 Å². The van der Waals surface area contributed by atoms with Crippen molar-refractivity contribution in [3.8, 4) is 10.4 Å². The van der Waals surface area contributed by atoms with Crippen LogP contribution in [0.15, 0.2) is 41.3 Å². The van der Waals surface area contributed by atoms with Crippen molar-refractivity contribution in [1.82, 2.24) is 9.97 Å². The number of nitrogens with zero attached hydrogens (tertiary/aromatic N) is 1. The highest BCUT2D eigenvalue weighted by atomic mass is 32.1. The Hall–Kier alpha value is -2.73. The average molecular weight is 339 g/mol. The van der Waals surface area contributed by atoms with Crippen LogP contribution >= 0.6 is 11.3 Å². The number of hydrogen-bond acceptors (Lipinski definition) is 4. The van der Waals surface area contributed by atoms with Crippen molar-refractivity contribution < 1.29 is 4.79 Å². The largest absolute Gasteiger partial charge is 0.326 e. The van der Waals surface area contributed by atoms with E-state index in [-0.39, 0.29) is 5.56 Å². The fraction of sp³-hybridized carbons (Fsp3) is 0.167. The van der Waals surface area contributed by atoms with E-state index in [1.807, 2.05) is 19.9 Å². The Bertz CT molecular complexity index is 972. The van der Waals surface area contributed by atoms with Crippen LogP contribution in [0.5, 0.6) is 0 Å². The van der Waals surface area contributed by atoms with E-state index < -0.39 is 11.5 Å². The Balaban J connectivity index is 1.83. The molecule has 3 rings (SSSR count). The highest BCUT2D eigenvalue weighted by molar-refractivity contribution is 7.19. The van der Waals surface area contributed by atoms with Gasteiger partial charge in [0.05, 0.1) is 4.88 Å². The number of aromatic amines is 1. The van der Waals surface area contributed by atoms with Gasteiger partial charge < -0.3 is 4.98 Å². The van der Waals surface area contributed by atoms with Crippen LogP contribution in [0.3, 0.4) is 0 Å². The monoisotopic (exact) mass is 339 g/mol. The summed E-state index contributed by atoms with van der Waals surface area (Å²) in [6.45, 7) is 5.86. The maximum absolute atomic E-state index is 12.2. The minimum absolute atomic E-state index is 0.0730. The topological polar surface area (TPSA) is 74.8 Å². The smallest absolute Gasteiger partial charge is 0.263 e. The van der Waals surface area contributed by atoms with E-state index in [0.717, 1.165) is 16.0 Å². The van der Waals surface area contributed by atoms with Gasteiger partial charge >= 0.3 is 0 Å². The lowest BCUT2D eigenvalue weighted by atomic mass is 10.1. The highest BCUT2D eigenvalue weighted by Gasteiger charge is 2.13. The summed E-state index contributed by atoms with van der Waals surface area (Å²) < 4.78 is 0. The second-order valence-electron chi connectivity index (χ2n) is 5.69. The van der Waals surface area contributed by atoms with Gasteiger partial charge in [-0.25, -0.2) is 4.98 Å². The quantitative estimate of drug-likeness (QED) is 0.764. The number of thiazole rings is 1. The van der Waals surface area contributed by atoms with Crippen LogP contribution in [0.2, 0.25) is 0 Å². The number of hydrogen-bond donors (Lipinski definition) is 2. The van der Waals surface area contributed by atoms with Crippen molar-refractivity contribution in [2.45, 2.75) is 20.8 Å². The third-order valence-corrected chi connectivity index (χ3v) is 4.62. The van der Waals surface area contributed by atoms with Crippen LogP contribution in [0, 0.1) is 20.8 Å². The molecule has 1 aromatic carbocycles. The Labute approximate surface area is 143 Å². The zero-order chi connectivity index (χ0) is 17.3. The summed E-state index contributed by atoms with van der Waals surface area (Å²) in [5.41, 5.74) is 3.83. The van der Waals surface area contributed by atoms with Gasteiger partial charge in [-0.2, -0.15) is 0 Å². The molecule has 0 radical (unpaired) electrons. The molecular formula is C18H17N3O2S. The maximum atomic E-state index is 12.2. The second kappa shape index (κ2) is 6.41. The molecule has 0 saturated heterocycles. The molecule has 3 aromatic rings. The van der Waals surface area contributed by atoms with Crippen molar-refractivity contribution in [2.24, 2.45) is 0 Å². The number of benzene rings is 1. The first kappa shape index (κ1) is 16.1. The summed E-state index contributed by atoms with van der Waals surface area (Å²) in [5.74, 6) is -0.460. The van der Waals surface area contributed by atoms with E-state index in [2.05, 4.69) is 27.4 Å². The Kier molecular flexibility index (Phi) is 4.31. The molecule has 2 N–H and O–H groups in total. The van der Waals surface area contributed by atoms with E-state index in [4.69, 9.17) is 0 Å². The molecule has 2 aromatic heterocycles. The van der Waals surface area contributed by atoms with Gasteiger partial charge in [0.25, 0.3) is 11.5 Å². The number of carbonyl (C=O) groups excluding carboxylic acids is 1. The van der Waals surface area contributed by atoms with Crippen LogP contribution in [-0.2, 0) is 0 Å². The molecule has 0 atom stereocenters. The third kappa shape index (κ3) is 3.28. The molecule has 1 amide bonds. The van der Waals surface area contributed by atoms with Gasteiger partial charge in [0, 0.05) is 11.9 Å². The predicted molar refractivity (Wildman–Crippen MR) is 96.8 cm³/mol. The summed E-state index contributed by atoms with van der Waals surface area (Å²) in [5, 5.41) is 3.16. The van der Waals surface area contributed by atoms with E-state index in [1.165, 1.54) is 23.0 Å².